The Morgan fingerprint density at radius 3 is 2.67 bits per heavy atom. The number of H-pyrrole nitrogens is 1. The first kappa shape index (κ1) is 15.1. The van der Waals surface area contributed by atoms with Gasteiger partial charge in [0.2, 0.25) is 5.91 Å². The fraction of sp³-hybridized carbons (Fsp3) is 0.375. The quantitative estimate of drug-likeness (QED) is 0.838. The predicted molar refractivity (Wildman–Crippen MR) is 78.8 cm³/mol. The lowest BCUT2D eigenvalue weighted by molar-refractivity contribution is -0.255. The highest BCUT2D eigenvalue weighted by Gasteiger charge is 2.15. The number of para-hydroxylation sites is 1. The molecule has 0 spiro atoms. The van der Waals surface area contributed by atoms with Gasteiger partial charge in [0, 0.05) is 17.4 Å². The van der Waals surface area contributed by atoms with Gasteiger partial charge in [-0.3, -0.25) is 4.79 Å². The zero-order chi connectivity index (χ0) is 15.4. The number of carboxylic acids is 1. The molecule has 1 aromatic heterocycles. The molecule has 112 valence electrons. The number of aromatic nitrogens is 1. The first-order valence-electron chi connectivity index (χ1n) is 7.06. The molecule has 0 saturated heterocycles. The van der Waals surface area contributed by atoms with E-state index in [9.17, 15) is 14.7 Å². The summed E-state index contributed by atoms with van der Waals surface area (Å²) in [7, 11) is 0. The predicted octanol–water partition coefficient (Wildman–Crippen LogP) is 1.24. The van der Waals surface area contributed by atoms with E-state index in [2.05, 4.69) is 24.1 Å². The molecule has 0 atom stereocenters. The van der Waals surface area contributed by atoms with Gasteiger partial charge in [-0.2, -0.15) is 0 Å². The monoisotopic (exact) mass is 287 g/mol. The van der Waals surface area contributed by atoms with Crippen molar-refractivity contribution in [3.8, 4) is 0 Å². The molecule has 2 N–H and O–H groups in total. The van der Waals surface area contributed by atoms with Crippen LogP contribution in [0.5, 0.6) is 0 Å². The van der Waals surface area contributed by atoms with Crippen molar-refractivity contribution in [1.29, 1.82) is 0 Å². The minimum atomic E-state index is -1.30. The molecule has 0 bridgehead atoms. The molecule has 0 aliphatic heterocycles. The largest absolute Gasteiger partial charge is 0.543 e. The van der Waals surface area contributed by atoms with Gasteiger partial charge in [0.15, 0.2) is 0 Å². The van der Waals surface area contributed by atoms with Gasteiger partial charge in [-0.05, 0) is 24.0 Å². The van der Waals surface area contributed by atoms with Crippen LogP contribution in [-0.2, 0) is 11.2 Å². The normalized spacial score (nSPS) is 11.0. The van der Waals surface area contributed by atoms with Crippen LogP contribution in [0.1, 0.15) is 36.3 Å². The fourth-order valence-electron chi connectivity index (χ4n) is 2.28. The van der Waals surface area contributed by atoms with E-state index >= 15 is 0 Å². The van der Waals surface area contributed by atoms with Crippen LogP contribution in [0.15, 0.2) is 24.3 Å². The molecule has 21 heavy (non-hydrogen) atoms. The maximum absolute atomic E-state index is 12.0. The number of aromatic amines is 1. The smallest absolute Gasteiger partial charge is 0.224 e. The van der Waals surface area contributed by atoms with Crippen LogP contribution in [0.3, 0.4) is 0 Å². The molecular weight excluding hydrogens is 268 g/mol. The topological polar surface area (TPSA) is 85.0 Å². The molecule has 5 nitrogen and oxygen atoms in total. The van der Waals surface area contributed by atoms with E-state index in [4.69, 9.17) is 0 Å². The zero-order valence-corrected chi connectivity index (χ0v) is 12.2. The maximum atomic E-state index is 12.0. The molecule has 2 aromatic rings. The van der Waals surface area contributed by atoms with Gasteiger partial charge in [0.05, 0.1) is 18.1 Å². The summed E-state index contributed by atoms with van der Waals surface area (Å²) in [5.74, 6) is -0.962. The van der Waals surface area contributed by atoms with Crippen molar-refractivity contribution in [2.24, 2.45) is 5.92 Å². The second-order valence-electron chi connectivity index (χ2n) is 5.52. The summed E-state index contributed by atoms with van der Waals surface area (Å²) < 4.78 is 0. The number of rotatable bonds is 6. The Kier molecular flexibility index (Phi) is 4.62. The van der Waals surface area contributed by atoms with Crippen molar-refractivity contribution in [3.63, 3.8) is 0 Å². The number of carbonyl (C=O) groups is 2. The SMILES string of the molecule is CC(C)CCNC(=O)Cc1c(C(=O)[O-])[nH]c2ccccc12. The van der Waals surface area contributed by atoms with Gasteiger partial charge in [-0.15, -0.1) is 0 Å². The minimum absolute atomic E-state index is 0.0183. The van der Waals surface area contributed by atoms with E-state index in [-0.39, 0.29) is 18.0 Å². The third-order valence-corrected chi connectivity index (χ3v) is 3.40. The molecule has 0 unspecified atom stereocenters. The van der Waals surface area contributed by atoms with Gasteiger partial charge in [-0.1, -0.05) is 32.0 Å². The van der Waals surface area contributed by atoms with E-state index in [1.807, 2.05) is 12.1 Å². The highest BCUT2D eigenvalue weighted by molar-refractivity contribution is 5.99. The van der Waals surface area contributed by atoms with E-state index in [0.29, 0.717) is 23.5 Å². The van der Waals surface area contributed by atoms with Crippen LogP contribution in [0.4, 0.5) is 0 Å². The number of nitrogens with one attached hydrogen (secondary N) is 2. The summed E-state index contributed by atoms with van der Waals surface area (Å²) in [5.41, 5.74) is 1.16. The number of carboxylic acid groups (broad SMARTS) is 1. The Morgan fingerprint density at radius 1 is 1.29 bits per heavy atom. The van der Waals surface area contributed by atoms with E-state index in [1.54, 1.807) is 12.1 Å². The summed E-state index contributed by atoms with van der Waals surface area (Å²) in [6.07, 6.45) is 0.929. The Morgan fingerprint density at radius 2 is 2.00 bits per heavy atom. The Hall–Kier alpha value is -2.30. The van der Waals surface area contributed by atoms with Crippen LogP contribution >= 0.6 is 0 Å². The lowest BCUT2D eigenvalue weighted by atomic mass is 10.1. The Balaban J connectivity index is 2.18. The average Bonchev–Trinajstić information content (AvgIpc) is 2.77. The van der Waals surface area contributed by atoms with E-state index < -0.39 is 5.97 Å². The second-order valence-corrected chi connectivity index (χ2v) is 5.52. The summed E-state index contributed by atoms with van der Waals surface area (Å²) >= 11 is 0. The highest BCUT2D eigenvalue weighted by Crippen LogP contribution is 2.22. The van der Waals surface area contributed by atoms with Gasteiger partial charge in [-0.25, -0.2) is 0 Å². The van der Waals surface area contributed by atoms with E-state index in [0.717, 1.165) is 11.8 Å². The molecule has 0 aliphatic rings. The number of benzene rings is 1. The first-order chi connectivity index (χ1) is 9.99. The molecular formula is C16H19N2O3-. The zero-order valence-electron chi connectivity index (χ0n) is 12.2. The van der Waals surface area contributed by atoms with Crippen molar-refractivity contribution >= 4 is 22.8 Å². The molecule has 2 rings (SSSR count). The second kappa shape index (κ2) is 6.43. The number of carbonyl (C=O) groups excluding carboxylic acids is 2. The Bertz CT molecular complexity index is 659. The van der Waals surface area contributed by atoms with E-state index in [1.165, 1.54) is 0 Å². The third kappa shape index (κ3) is 3.62. The van der Waals surface area contributed by atoms with Crippen LogP contribution in [0.25, 0.3) is 10.9 Å². The van der Waals surface area contributed by atoms with Crippen molar-refractivity contribution in [2.45, 2.75) is 26.7 Å². The van der Waals surface area contributed by atoms with Crippen LogP contribution in [-0.4, -0.2) is 23.4 Å². The minimum Gasteiger partial charge on any atom is -0.543 e. The molecule has 1 amide bonds. The number of hydrogen-bond donors (Lipinski definition) is 2. The van der Waals surface area contributed by atoms with Crippen molar-refractivity contribution in [3.05, 3.63) is 35.5 Å². The summed E-state index contributed by atoms with van der Waals surface area (Å²) in [5, 5.41) is 14.8. The molecule has 0 aliphatic carbocycles. The van der Waals surface area contributed by atoms with Crippen LogP contribution < -0.4 is 10.4 Å². The molecule has 0 fully saturated rings. The number of amides is 1. The van der Waals surface area contributed by atoms with Crippen molar-refractivity contribution in [1.82, 2.24) is 10.3 Å². The third-order valence-electron chi connectivity index (χ3n) is 3.40. The number of aromatic carboxylic acids is 1. The number of hydrogen-bond acceptors (Lipinski definition) is 3. The lowest BCUT2D eigenvalue weighted by Gasteiger charge is -2.08. The summed E-state index contributed by atoms with van der Waals surface area (Å²) in [6, 6.07) is 7.21. The molecule has 1 aromatic carbocycles. The summed E-state index contributed by atoms with van der Waals surface area (Å²) in [4.78, 5) is 26.0. The average molecular weight is 287 g/mol. The standard InChI is InChI=1S/C16H20N2O3/c1-10(2)7-8-17-14(19)9-12-11-5-3-4-6-13(11)18-15(12)16(20)21/h3-6,10,18H,7-9H2,1-2H3,(H,17,19)(H,20,21)/p-1. The van der Waals surface area contributed by atoms with Gasteiger partial charge in [0.25, 0.3) is 0 Å². The molecule has 1 heterocycles. The molecule has 0 radical (unpaired) electrons. The number of fused-ring (bicyclic) bond motifs is 1. The summed E-state index contributed by atoms with van der Waals surface area (Å²) in [6.45, 7) is 4.76. The van der Waals surface area contributed by atoms with Crippen molar-refractivity contribution in [2.75, 3.05) is 6.54 Å². The van der Waals surface area contributed by atoms with Gasteiger partial charge >= 0.3 is 0 Å². The van der Waals surface area contributed by atoms with Crippen LogP contribution in [0, 0.1) is 5.92 Å². The lowest BCUT2D eigenvalue weighted by Crippen LogP contribution is -2.29. The molecule has 0 saturated carbocycles. The van der Waals surface area contributed by atoms with Crippen molar-refractivity contribution < 1.29 is 14.7 Å². The first-order valence-corrected chi connectivity index (χ1v) is 7.06. The highest BCUT2D eigenvalue weighted by atomic mass is 16.4. The maximum Gasteiger partial charge on any atom is 0.224 e. The Labute approximate surface area is 123 Å². The molecule has 5 heteroatoms. The fourth-order valence-corrected chi connectivity index (χ4v) is 2.28. The van der Waals surface area contributed by atoms with Gasteiger partial charge in [0.1, 0.15) is 0 Å². The van der Waals surface area contributed by atoms with Gasteiger partial charge < -0.3 is 20.2 Å². The van der Waals surface area contributed by atoms with Crippen LogP contribution in [0.2, 0.25) is 0 Å².